The number of benzene rings is 1. The van der Waals surface area contributed by atoms with Crippen molar-refractivity contribution in [2.24, 2.45) is 5.92 Å². The van der Waals surface area contributed by atoms with Gasteiger partial charge in [0.05, 0.1) is 12.2 Å². The Balaban J connectivity index is 1.57. The SMILES string of the molecule is CCc1ccc(N2C[C@@H](C(=O)NNC(=O)c3ccco3)CC2=O)cc1. The van der Waals surface area contributed by atoms with Crippen molar-refractivity contribution in [2.45, 2.75) is 19.8 Å². The van der Waals surface area contributed by atoms with Gasteiger partial charge in [-0.1, -0.05) is 19.1 Å². The number of nitrogens with zero attached hydrogens (tertiary/aromatic N) is 1. The van der Waals surface area contributed by atoms with Crippen LogP contribution in [-0.2, 0) is 16.0 Å². The van der Waals surface area contributed by atoms with E-state index in [1.54, 1.807) is 11.0 Å². The zero-order valence-electron chi connectivity index (χ0n) is 13.8. The second-order valence-corrected chi connectivity index (χ2v) is 5.85. The molecular formula is C18H19N3O4. The van der Waals surface area contributed by atoms with Crippen LogP contribution in [0.1, 0.15) is 29.5 Å². The summed E-state index contributed by atoms with van der Waals surface area (Å²) in [5.74, 6) is -1.48. The summed E-state index contributed by atoms with van der Waals surface area (Å²) in [6, 6.07) is 10.8. The van der Waals surface area contributed by atoms with Gasteiger partial charge < -0.3 is 9.32 Å². The number of carbonyl (C=O) groups excluding carboxylic acids is 3. The molecule has 25 heavy (non-hydrogen) atoms. The average molecular weight is 341 g/mol. The molecule has 1 fully saturated rings. The third-order valence-electron chi connectivity index (χ3n) is 4.20. The Bertz CT molecular complexity index is 768. The van der Waals surface area contributed by atoms with Gasteiger partial charge in [-0.25, -0.2) is 0 Å². The molecule has 0 unspecified atom stereocenters. The van der Waals surface area contributed by atoms with Crippen LogP contribution in [-0.4, -0.2) is 24.3 Å². The molecule has 1 aromatic carbocycles. The smallest absolute Gasteiger partial charge is 0.305 e. The van der Waals surface area contributed by atoms with Crippen molar-refractivity contribution >= 4 is 23.4 Å². The van der Waals surface area contributed by atoms with Crippen LogP contribution < -0.4 is 15.8 Å². The van der Waals surface area contributed by atoms with Gasteiger partial charge >= 0.3 is 5.91 Å². The Morgan fingerprint density at radius 3 is 2.60 bits per heavy atom. The lowest BCUT2D eigenvalue weighted by atomic mass is 10.1. The highest BCUT2D eigenvalue weighted by Crippen LogP contribution is 2.25. The Kier molecular flexibility index (Phi) is 4.83. The number of hydrazine groups is 1. The summed E-state index contributed by atoms with van der Waals surface area (Å²) in [5, 5.41) is 0. The molecule has 1 aromatic heterocycles. The van der Waals surface area contributed by atoms with Gasteiger partial charge in [0.15, 0.2) is 5.76 Å². The van der Waals surface area contributed by atoms with Crippen LogP contribution in [0.5, 0.6) is 0 Å². The molecule has 1 aliphatic heterocycles. The molecule has 3 amide bonds. The lowest BCUT2D eigenvalue weighted by Gasteiger charge is -2.17. The number of furan rings is 1. The standard InChI is InChI=1S/C18H19N3O4/c1-2-12-5-7-14(8-6-12)21-11-13(10-16(21)22)17(23)19-20-18(24)15-4-3-9-25-15/h3-9,13H,2,10-11H2,1H3,(H,19,23)(H,20,24)/t13-/m0/s1. The van der Waals surface area contributed by atoms with E-state index in [-0.39, 0.29) is 24.6 Å². The molecule has 1 saturated heterocycles. The van der Waals surface area contributed by atoms with Gasteiger partial charge in [0.2, 0.25) is 11.8 Å². The molecule has 1 atom stereocenters. The van der Waals surface area contributed by atoms with Crippen molar-refractivity contribution < 1.29 is 18.8 Å². The molecular weight excluding hydrogens is 322 g/mol. The van der Waals surface area contributed by atoms with Gasteiger partial charge in [0.25, 0.3) is 0 Å². The van der Waals surface area contributed by atoms with Crippen molar-refractivity contribution in [3.63, 3.8) is 0 Å². The Hall–Kier alpha value is -3.09. The van der Waals surface area contributed by atoms with E-state index in [0.717, 1.165) is 12.1 Å². The molecule has 0 spiro atoms. The Morgan fingerprint density at radius 1 is 1.20 bits per heavy atom. The Labute approximate surface area is 145 Å². The first-order valence-electron chi connectivity index (χ1n) is 8.11. The molecule has 0 aliphatic carbocycles. The minimum absolute atomic E-state index is 0.0976. The highest BCUT2D eigenvalue weighted by molar-refractivity contribution is 6.01. The normalized spacial score (nSPS) is 16.8. The Morgan fingerprint density at radius 2 is 1.96 bits per heavy atom. The minimum atomic E-state index is -0.547. The summed E-state index contributed by atoms with van der Waals surface area (Å²) >= 11 is 0. The molecule has 130 valence electrons. The molecule has 1 aliphatic rings. The third kappa shape index (κ3) is 3.71. The van der Waals surface area contributed by atoms with Crippen LogP contribution in [0.2, 0.25) is 0 Å². The van der Waals surface area contributed by atoms with Crippen LogP contribution in [0.4, 0.5) is 5.69 Å². The van der Waals surface area contributed by atoms with Crippen molar-refractivity contribution in [3.8, 4) is 0 Å². The summed E-state index contributed by atoms with van der Waals surface area (Å²) in [6.07, 6.45) is 2.40. The molecule has 7 heteroatoms. The highest BCUT2D eigenvalue weighted by atomic mass is 16.3. The average Bonchev–Trinajstić information content (AvgIpc) is 3.29. The maximum absolute atomic E-state index is 12.2. The van der Waals surface area contributed by atoms with Gasteiger partial charge in [0, 0.05) is 18.7 Å². The predicted molar refractivity (Wildman–Crippen MR) is 90.6 cm³/mol. The first kappa shape index (κ1) is 16.8. The van der Waals surface area contributed by atoms with E-state index < -0.39 is 17.7 Å². The fourth-order valence-corrected chi connectivity index (χ4v) is 2.73. The fourth-order valence-electron chi connectivity index (χ4n) is 2.73. The summed E-state index contributed by atoms with van der Waals surface area (Å²) in [7, 11) is 0. The number of hydrogen-bond acceptors (Lipinski definition) is 4. The zero-order valence-corrected chi connectivity index (χ0v) is 13.8. The zero-order chi connectivity index (χ0) is 17.8. The number of rotatable bonds is 4. The van der Waals surface area contributed by atoms with Crippen LogP contribution in [0, 0.1) is 5.92 Å². The van der Waals surface area contributed by atoms with Gasteiger partial charge in [-0.05, 0) is 36.2 Å². The van der Waals surface area contributed by atoms with Crippen molar-refractivity contribution in [3.05, 3.63) is 54.0 Å². The molecule has 2 heterocycles. The number of amides is 3. The van der Waals surface area contributed by atoms with Gasteiger partial charge in [-0.15, -0.1) is 0 Å². The summed E-state index contributed by atoms with van der Waals surface area (Å²) in [4.78, 5) is 37.8. The van der Waals surface area contributed by atoms with Crippen LogP contribution in [0.3, 0.4) is 0 Å². The number of nitrogens with one attached hydrogen (secondary N) is 2. The number of anilines is 1. The van der Waals surface area contributed by atoms with E-state index in [2.05, 4.69) is 17.8 Å². The topological polar surface area (TPSA) is 91.7 Å². The van der Waals surface area contributed by atoms with Crippen LogP contribution in [0.25, 0.3) is 0 Å². The van der Waals surface area contributed by atoms with E-state index in [9.17, 15) is 14.4 Å². The van der Waals surface area contributed by atoms with Crippen LogP contribution >= 0.6 is 0 Å². The van der Waals surface area contributed by atoms with E-state index in [1.165, 1.54) is 17.9 Å². The number of aryl methyl sites for hydroxylation is 1. The van der Waals surface area contributed by atoms with E-state index in [1.807, 2.05) is 24.3 Å². The molecule has 0 bridgehead atoms. The van der Waals surface area contributed by atoms with Crippen molar-refractivity contribution in [1.29, 1.82) is 0 Å². The van der Waals surface area contributed by atoms with Crippen molar-refractivity contribution in [1.82, 2.24) is 10.9 Å². The second kappa shape index (κ2) is 7.21. The molecule has 0 saturated carbocycles. The van der Waals surface area contributed by atoms with E-state index in [4.69, 9.17) is 4.42 Å². The molecule has 3 rings (SSSR count). The largest absolute Gasteiger partial charge is 0.459 e. The first-order valence-corrected chi connectivity index (χ1v) is 8.11. The lowest BCUT2D eigenvalue weighted by molar-refractivity contribution is -0.126. The molecule has 2 N–H and O–H groups in total. The highest BCUT2D eigenvalue weighted by Gasteiger charge is 2.35. The maximum Gasteiger partial charge on any atom is 0.305 e. The van der Waals surface area contributed by atoms with Gasteiger partial charge in [-0.2, -0.15) is 0 Å². The summed E-state index contributed by atoms with van der Waals surface area (Å²) < 4.78 is 4.94. The number of carbonyl (C=O) groups is 3. The first-order chi connectivity index (χ1) is 12.1. The summed E-state index contributed by atoms with van der Waals surface area (Å²) in [5.41, 5.74) is 6.59. The van der Waals surface area contributed by atoms with Crippen molar-refractivity contribution in [2.75, 3.05) is 11.4 Å². The molecule has 2 aromatic rings. The number of hydrogen-bond donors (Lipinski definition) is 2. The predicted octanol–water partition coefficient (Wildman–Crippen LogP) is 1.66. The van der Waals surface area contributed by atoms with Gasteiger partial charge in [-0.3, -0.25) is 25.2 Å². The maximum atomic E-state index is 12.2. The van der Waals surface area contributed by atoms with E-state index in [0.29, 0.717) is 0 Å². The summed E-state index contributed by atoms with van der Waals surface area (Å²) in [6.45, 7) is 2.35. The fraction of sp³-hybridized carbons (Fsp3) is 0.278. The quantitative estimate of drug-likeness (QED) is 0.827. The molecule has 7 nitrogen and oxygen atoms in total. The second-order valence-electron chi connectivity index (χ2n) is 5.85. The monoisotopic (exact) mass is 341 g/mol. The van der Waals surface area contributed by atoms with Crippen LogP contribution in [0.15, 0.2) is 47.1 Å². The lowest BCUT2D eigenvalue weighted by Crippen LogP contribution is -2.45. The third-order valence-corrected chi connectivity index (χ3v) is 4.20. The van der Waals surface area contributed by atoms with E-state index >= 15 is 0 Å². The minimum Gasteiger partial charge on any atom is -0.459 e. The van der Waals surface area contributed by atoms with Gasteiger partial charge in [0.1, 0.15) is 0 Å². The molecule has 0 radical (unpaired) electrons.